The maximum absolute atomic E-state index is 12.3. The highest BCUT2D eigenvalue weighted by atomic mass is 35.5. The van der Waals surface area contributed by atoms with Gasteiger partial charge in [-0.2, -0.15) is 4.52 Å². The second-order valence-electron chi connectivity index (χ2n) is 10.3. The van der Waals surface area contributed by atoms with E-state index < -0.39 is 0 Å². The number of rotatable bonds is 7. The molecule has 2 atom stereocenters. The number of amides is 1. The number of hydrogen-bond acceptors (Lipinski definition) is 8. The fourth-order valence-electron chi connectivity index (χ4n) is 5.47. The van der Waals surface area contributed by atoms with Crippen LogP contribution in [-0.2, 0) is 4.74 Å². The first-order chi connectivity index (χ1) is 20.4. The van der Waals surface area contributed by atoms with Crippen molar-refractivity contribution in [3.05, 3.63) is 87.5 Å². The molecule has 1 aliphatic rings. The second-order valence-corrected chi connectivity index (χ2v) is 11.8. The van der Waals surface area contributed by atoms with Crippen LogP contribution in [0.2, 0.25) is 5.02 Å². The molecule has 1 fully saturated rings. The standard InChI is InChI=1S/C31H32ClN5O4S/c1-4-41-31(39)36-15-13-35(14-16-36)26(20-7-10-24(32)11-8-20)27-29(38)37-30(42-27)33-28(34-37)19(2)21-5-6-23-18-25(40-3)12-9-22(23)17-21/h5-12,17-19,26,38H,4,13-16H2,1-3H3/t19-,26-/m0/s1. The summed E-state index contributed by atoms with van der Waals surface area (Å²) in [6, 6.07) is 19.7. The van der Waals surface area contributed by atoms with Gasteiger partial charge in [0.1, 0.15) is 5.75 Å². The predicted octanol–water partition coefficient (Wildman–Crippen LogP) is 6.33. The van der Waals surface area contributed by atoms with Crippen LogP contribution >= 0.6 is 22.9 Å². The molecule has 1 N–H and O–H groups in total. The lowest BCUT2D eigenvalue weighted by atomic mass is 9.97. The van der Waals surface area contributed by atoms with Crippen LogP contribution < -0.4 is 4.74 Å². The zero-order valence-electron chi connectivity index (χ0n) is 23.7. The summed E-state index contributed by atoms with van der Waals surface area (Å²) in [5, 5.41) is 19.1. The van der Waals surface area contributed by atoms with E-state index >= 15 is 0 Å². The van der Waals surface area contributed by atoms with E-state index in [-0.39, 0.29) is 23.9 Å². The van der Waals surface area contributed by atoms with Gasteiger partial charge in [-0.05, 0) is 53.1 Å². The average molecular weight is 606 g/mol. The van der Waals surface area contributed by atoms with E-state index in [4.69, 9.17) is 31.2 Å². The number of ether oxygens (including phenoxy) is 2. The van der Waals surface area contributed by atoms with Crippen molar-refractivity contribution >= 4 is 44.8 Å². The van der Waals surface area contributed by atoms with Crippen LogP contribution in [0.25, 0.3) is 15.7 Å². The first kappa shape index (κ1) is 28.3. The molecule has 0 spiro atoms. The van der Waals surface area contributed by atoms with E-state index in [9.17, 15) is 9.90 Å². The van der Waals surface area contributed by atoms with Crippen LogP contribution in [0.5, 0.6) is 11.6 Å². The lowest BCUT2D eigenvalue weighted by molar-refractivity contribution is 0.0715. The third kappa shape index (κ3) is 5.37. The topological polar surface area (TPSA) is 92.4 Å². The Morgan fingerprint density at radius 3 is 2.40 bits per heavy atom. The zero-order chi connectivity index (χ0) is 29.4. The Morgan fingerprint density at radius 1 is 1.02 bits per heavy atom. The van der Waals surface area contributed by atoms with Crippen LogP contribution in [0, 0.1) is 0 Å². The van der Waals surface area contributed by atoms with Crippen molar-refractivity contribution in [2.24, 2.45) is 0 Å². The van der Waals surface area contributed by atoms with Gasteiger partial charge in [0.05, 0.1) is 24.6 Å². The smallest absolute Gasteiger partial charge is 0.409 e. The Labute approximate surface area is 252 Å². The van der Waals surface area contributed by atoms with Crippen LogP contribution in [0.1, 0.15) is 47.6 Å². The van der Waals surface area contributed by atoms with Gasteiger partial charge in [-0.3, -0.25) is 4.90 Å². The molecule has 11 heteroatoms. The zero-order valence-corrected chi connectivity index (χ0v) is 25.2. The lowest BCUT2D eigenvalue weighted by Crippen LogP contribution is -2.49. The average Bonchev–Trinajstić information content (AvgIpc) is 3.57. The number of hydrogen-bond donors (Lipinski definition) is 1. The minimum absolute atomic E-state index is 0.0688. The monoisotopic (exact) mass is 605 g/mol. The van der Waals surface area contributed by atoms with Crippen LogP contribution in [0.3, 0.4) is 0 Å². The third-order valence-electron chi connectivity index (χ3n) is 7.81. The van der Waals surface area contributed by atoms with Gasteiger partial charge >= 0.3 is 6.09 Å². The van der Waals surface area contributed by atoms with Gasteiger partial charge in [0, 0.05) is 37.1 Å². The summed E-state index contributed by atoms with van der Waals surface area (Å²) in [5.74, 6) is 1.46. The van der Waals surface area contributed by atoms with Crippen LogP contribution in [-0.4, -0.2) is 75.5 Å². The maximum Gasteiger partial charge on any atom is 0.409 e. The molecule has 42 heavy (non-hydrogen) atoms. The van der Waals surface area contributed by atoms with E-state index in [2.05, 4.69) is 30.0 Å². The molecule has 0 unspecified atom stereocenters. The van der Waals surface area contributed by atoms with Gasteiger partial charge in [-0.15, -0.1) is 5.10 Å². The SMILES string of the molecule is CCOC(=O)N1CCN([C@@H](c2ccc(Cl)cc2)c2sc3nc([C@@H](C)c4ccc5cc(OC)ccc5c4)nn3c2O)CC1. The molecule has 3 aromatic carbocycles. The van der Waals surface area contributed by atoms with Crippen molar-refractivity contribution in [1.29, 1.82) is 0 Å². The summed E-state index contributed by atoms with van der Waals surface area (Å²) < 4.78 is 12.1. The van der Waals surface area contributed by atoms with Crippen LogP contribution in [0.15, 0.2) is 60.7 Å². The number of aromatic nitrogens is 3. The first-order valence-corrected chi connectivity index (χ1v) is 15.1. The van der Waals surface area contributed by atoms with Gasteiger partial charge in [0.25, 0.3) is 0 Å². The van der Waals surface area contributed by atoms with Crippen molar-refractivity contribution in [3.63, 3.8) is 0 Å². The number of benzene rings is 3. The molecule has 3 heterocycles. The van der Waals surface area contributed by atoms with E-state index in [0.29, 0.717) is 48.6 Å². The highest BCUT2D eigenvalue weighted by Crippen LogP contribution is 2.41. The van der Waals surface area contributed by atoms with E-state index in [0.717, 1.165) is 32.5 Å². The quantitative estimate of drug-likeness (QED) is 0.232. The number of piperazine rings is 1. The number of carbonyl (C=O) groups excluding carboxylic acids is 1. The minimum Gasteiger partial charge on any atom is -0.497 e. The Balaban J connectivity index is 1.30. The first-order valence-electron chi connectivity index (χ1n) is 13.9. The molecule has 1 aliphatic heterocycles. The molecular formula is C31H32ClN5O4S. The third-order valence-corrected chi connectivity index (χ3v) is 9.14. The van der Waals surface area contributed by atoms with Crippen molar-refractivity contribution in [3.8, 4) is 11.6 Å². The molecule has 0 bridgehead atoms. The van der Waals surface area contributed by atoms with Gasteiger partial charge in [0.15, 0.2) is 5.82 Å². The number of carbonyl (C=O) groups is 1. The van der Waals surface area contributed by atoms with Crippen molar-refractivity contribution in [1.82, 2.24) is 24.4 Å². The molecule has 218 valence electrons. The largest absolute Gasteiger partial charge is 0.497 e. The molecular weight excluding hydrogens is 574 g/mol. The number of thiazole rings is 1. The van der Waals surface area contributed by atoms with E-state index in [1.807, 2.05) is 42.5 Å². The van der Waals surface area contributed by atoms with Crippen molar-refractivity contribution < 1.29 is 19.4 Å². The van der Waals surface area contributed by atoms with Gasteiger partial charge in [-0.1, -0.05) is 66.3 Å². The van der Waals surface area contributed by atoms with E-state index in [1.54, 1.807) is 18.9 Å². The fourth-order valence-corrected chi connectivity index (χ4v) is 6.72. The normalized spacial score (nSPS) is 15.7. The summed E-state index contributed by atoms with van der Waals surface area (Å²) in [6.45, 7) is 6.53. The Bertz CT molecular complexity index is 1730. The molecule has 9 nitrogen and oxygen atoms in total. The highest BCUT2D eigenvalue weighted by Gasteiger charge is 2.33. The molecule has 1 saturated heterocycles. The van der Waals surface area contributed by atoms with Gasteiger partial charge < -0.3 is 19.5 Å². The van der Waals surface area contributed by atoms with Gasteiger partial charge in [-0.25, -0.2) is 9.78 Å². The van der Waals surface area contributed by atoms with Crippen LogP contribution in [0.4, 0.5) is 4.79 Å². The number of methoxy groups -OCH3 is 1. The predicted molar refractivity (Wildman–Crippen MR) is 164 cm³/mol. The second kappa shape index (κ2) is 11.8. The molecule has 0 saturated carbocycles. The number of nitrogens with zero attached hydrogens (tertiary/aromatic N) is 5. The Morgan fingerprint density at radius 2 is 1.71 bits per heavy atom. The molecule has 1 amide bonds. The summed E-state index contributed by atoms with van der Waals surface area (Å²) in [4.78, 5) is 22.5. The Hall–Kier alpha value is -3.86. The molecule has 0 aliphatic carbocycles. The Kier molecular flexibility index (Phi) is 7.94. The fraction of sp³-hybridized carbons (Fsp3) is 0.323. The molecule has 0 radical (unpaired) electrons. The van der Waals surface area contributed by atoms with E-state index in [1.165, 1.54) is 15.9 Å². The summed E-state index contributed by atoms with van der Waals surface area (Å²) in [6.07, 6.45) is -0.297. The van der Waals surface area contributed by atoms with Crippen molar-refractivity contribution in [2.45, 2.75) is 25.8 Å². The highest BCUT2D eigenvalue weighted by molar-refractivity contribution is 7.17. The summed E-state index contributed by atoms with van der Waals surface area (Å²) in [5.41, 5.74) is 2.08. The lowest BCUT2D eigenvalue weighted by Gasteiger charge is -2.38. The van der Waals surface area contributed by atoms with Crippen molar-refractivity contribution in [2.75, 3.05) is 39.9 Å². The summed E-state index contributed by atoms with van der Waals surface area (Å²) >= 11 is 7.63. The molecule has 5 aromatic rings. The molecule has 2 aromatic heterocycles. The summed E-state index contributed by atoms with van der Waals surface area (Å²) in [7, 11) is 1.67. The number of fused-ring (bicyclic) bond motifs is 2. The number of halogens is 1. The molecule has 6 rings (SSSR count). The minimum atomic E-state index is -0.297. The maximum atomic E-state index is 12.3. The van der Waals surface area contributed by atoms with Gasteiger partial charge in [0.2, 0.25) is 10.8 Å². The number of aromatic hydroxyl groups is 1.